The Hall–Kier alpha value is -1.22. The first kappa shape index (κ1) is 10.9. The lowest BCUT2D eigenvalue weighted by molar-refractivity contribution is 0.0287. The van der Waals surface area contributed by atoms with Crippen LogP contribution in [0.4, 0.5) is 0 Å². The van der Waals surface area contributed by atoms with E-state index in [1.807, 2.05) is 24.3 Å². The number of fused-ring (bicyclic) bond motifs is 1. The molecule has 2 atom stereocenters. The highest BCUT2D eigenvalue weighted by atomic mass is 16.6. The molecule has 3 heteroatoms. The molecule has 2 aliphatic heterocycles. The SMILES string of the molecule is C[C@H]([C@H]1COc2ccccc2O1)N1CCCC1. The van der Waals surface area contributed by atoms with Crippen molar-refractivity contribution < 1.29 is 9.47 Å². The fourth-order valence-corrected chi connectivity index (χ4v) is 2.66. The smallest absolute Gasteiger partial charge is 0.161 e. The molecule has 0 aliphatic carbocycles. The predicted octanol–water partition coefficient (Wildman–Crippen LogP) is 2.31. The van der Waals surface area contributed by atoms with Crippen molar-refractivity contribution in [1.29, 1.82) is 0 Å². The van der Waals surface area contributed by atoms with Gasteiger partial charge in [-0.2, -0.15) is 0 Å². The minimum atomic E-state index is 0.156. The Morgan fingerprint density at radius 3 is 2.65 bits per heavy atom. The zero-order chi connectivity index (χ0) is 11.7. The topological polar surface area (TPSA) is 21.7 Å². The van der Waals surface area contributed by atoms with Crippen LogP contribution < -0.4 is 9.47 Å². The van der Waals surface area contributed by atoms with Crippen LogP contribution in [0.5, 0.6) is 11.5 Å². The van der Waals surface area contributed by atoms with Gasteiger partial charge >= 0.3 is 0 Å². The number of hydrogen-bond acceptors (Lipinski definition) is 3. The van der Waals surface area contributed by atoms with Gasteiger partial charge in [0.05, 0.1) is 0 Å². The van der Waals surface area contributed by atoms with Crippen molar-refractivity contribution in [2.75, 3.05) is 19.7 Å². The number of ether oxygens (including phenoxy) is 2. The third kappa shape index (κ3) is 2.12. The third-order valence-corrected chi connectivity index (χ3v) is 3.79. The summed E-state index contributed by atoms with van der Waals surface area (Å²) < 4.78 is 11.8. The fourth-order valence-electron chi connectivity index (χ4n) is 2.66. The average molecular weight is 233 g/mol. The molecule has 0 unspecified atom stereocenters. The summed E-state index contributed by atoms with van der Waals surface area (Å²) in [6.07, 6.45) is 2.78. The molecule has 1 aromatic carbocycles. The van der Waals surface area contributed by atoms with Crippen LogP contribution in [-0.4, -0.2) is 36.7 Å². The molecule has 0 N–H and O–H groups in total. The molecular weight excluding hydrogens is 214 g/mol. The highest BCUT2D eigenvalue weighted by Crippen LogP contribution is 2.32. The first-order chi connectivity index (χ1) is 8.34. The summed E-state index contributed by atoms with van der Waals surface area (Å²) in [6, 6.07) is 8.35. The van der Waals surface area contributed by atoms with Crippen LogP contribution in [0.15, 0.2) is 24.3 Å². The minimum Gasteiger partial charge on any atom is -0.486 e. The van der Waals surface area contributed by atoms with Crippen LogP contribution in [0.2, 0.25) is 0 Å². The number of benzene rings is 1. The van der Waals surface area contributed by atoms with Gasteiger partial charge in [0.25, 0.3) is 0 Å². The zero-order valence-corrected chi connectivity index (χ0v) is 10.3. The maximum atomic E-state index is 6.04. The standard InChI is InChI=1S/C14H19NO2/c1-11(15-8-4-5-9-15)14-10-16-12-6-2-3-7-13(12)17-14/h2-3,6-7,11,14H,4-5,8-10H2,1H3/t11-,14-/m1/s1. The summed E-state index contributed by atoms with van der Waals surface area (Å²) in [5.74, 6) is 1.76. The molecule has 17 heavy (non-hydrogen) atoms. The number of para-hydroxylation sites is 2. The Kier molecular flexibility index (Phi) is 2.93. The predicted molar refractivity (Wildman–Crippen MR) is 66.6 cm³/mol. The lowest BCUT2D eigenvalue weighted by atomic mass is 10.1. The van der Waals surface area contributed by atoms with Gasteiger partial charge in [0, 0.05) is 6.04 Å². The van der Waals surface area contributed by atoms with E-state index in [4.69, 9.17) is 9.47 Å². The van der Waals surface area contributed by atoms with Gasteiger partial charge in [-0.1, -0.05) is 12.1 Å². The van der Waals surface area contributed by atoms with E-state index in [0.29, 0.717) is 12.6 Å². The molecule has 3 nitrogen and oxygen atoms in total. The monoisotopic (exact) mass is 233 g/mol. The first-order valence-corrected chi connectivity index (χ1v) is 6.47. The zero-order valence-electron chi connectivity index (χ0n) is 10.3. The van der Waals surface area contributed by atoms with Gasteiger partial charge in [0.15, 0.2) is 11.5 Å². The van der Waals surface area contributed by atoms with Gasteiger partial charge in [0.2, 0.25) is 0 Å². The Morgan fingerprint density at radius 2 is 1.88 bits per heavy atom. The maximum Gasteiger partial charge on any atom is 0.161 e. The Balaban J connectivity index is 1.70. The average Bonchev–Trinajstić information content (AvgIpc) is 2.91. The molecular formula is C14H19NO2. The fraction of sp³-hybridized carbons (Fsp3) is 0.571. The van der Waals surface area contributed by atoms with Crippen LogP contribution in [0.3, 0.4) is 0 Å². The molecule has 1 aromatic rings. The van der Waals surface area contributed by atoms with Gasteiger partial charge in [-0.3, -0.25) is 4.90 Å². The van der Waals surface area contributed by atoms with Gasteiger partial charge in [-0.15, -0.1) is 0 Å². The summed E-state index contributed by atoms with van der Waals surface area (Å²) in [4.78, 5) is 2.50. The van der Waals surface area contributed by atoms with Crippen LogP contribution in [0.1, 0.15) is 19.8 Å². The van der Waals surface area contributed by atoms with E-state index in [0.717, 1.165) is 11.5 Å². The lowest BCUT2D eigenvalue weighted by Gasteiger charge is -2.34. The lowest BCUT2D eigenvalue weighted by Crippen LogP contribution is -2.47. The van der Waals surface area contributed by atoms with Crippen molar-refractivity contribution in [3.63, 3.8) is 0 Å². The maximum absolute atomic E-state index is 6.04. The second kappa shape index (κ2) is 4.57. The van der Waals surface area contributed by atoms with Gasteiger partial charge in [0.1, 0.15) is 12.7 Å². The molecule has 1 saturated heterocycles. The second-order valence-electron chi connectivity index (χ2n) is 4.90. The van der Waals surface area contributed by atoms with Crippen LogP contribution in [-0.2, 0) is 0 Å². The molecule has 1 fully saturated rings. The van der Waals surface area contributed by atoms with Gasteiger partial charge in [-0.05, 0) is 45.0 Å². The first-order valence-electron chi connectivity index (χ1n) is 6.47. The van der Waals surface area contributed by atoms with E-state index < -0.39 is 0 Å². The highest BCUT2D eigenvalue weighted by molar-refractivity contribution is 5.40. The van der Waals surface area contributed by atoms with E-state index in [-0.39, 0.29) is 6.10 Å². The van der Waals surface area contributed by atoms with Crippen LogP contribution in [0.25, 0.3) is 0 Å². The van der Waals surface area contributed by atoms with E-state index >= 15 is 0 Å². The molecule has 0 saturated carbocycles. The van der Waals surface area contributed by atoms with Gasteiger partial charge in [-0.25, -0.2) is 0 Å². The van der Waals surface area contributed by atoms with Crippen molar-refractivity contribution in [3.05, 3.63) is 24.3 Å². The molecule has 0 spiro atoms. The Morgan fingerprint density at radius 1 is 1.18 bits per heavy atom. The minimum absolute atomic E-state index is 0.156. The Labute approximate surface area is 102 Å². The van der Waals surface area contributed by atoms with Crippen molar-refractivity contribution in [3.8, 4) is 11.5 Å². The molecule has 92 valence electrons. The number of likely N-dealkylation sites (tertiary alicyclic amines) is 1. The van der Waals surface area contributed by atoms with Crippen LogP contribution in [0, 0.1) is 0 Å². The summed E-state index contributed by atoms with van der Waals surface area (Å²) >= 11 is 0. The summed E-state index contributed by atoms with van der Waals surface area (Å²) in [5.41, 5.74) is 0. The van der Waals surface area contributed by atoms with Crippen molar-refractivity contribution in [1.82, 2.24) is 4.90 Å². The summed E-state index contributed by atoms with van der Waals surface area (Å²) in [5, 5.41) is 0. The van der Waals surface area contributed by atoms with Gasteiger partial charge < -0.3 is 9.47 Å². The summed E-state index contributed by atoms with van der Waals surface area (Å²) in [6.45, 7) is 5.30. The normalized spacial score (nSPS) is 25.8. The molecule has 0 aromatic heterocycles. The third-order valence-electron chi connectivity index (χ3n) is 3.79. The number of hydrogen-bond donors (Lipinski definition) is 0. The molecule has 0 amide bonds. The van der Waals surface area contributed by atoms with E-state index in [2.05, 4.69) is 11.8 Å². The molecule has 2 heterocycles. The summed E-state index contributed by atoms with van der Waals surface area (Å²) in [7, 11) is 0. The van der Waals surface area contributed by atoms with E-state index in [1.165, 1.54) is 25.9 Å². The number of rotatable bonds is 2. The van der Waals surface area contributed by atoms with E-state index in [9.17, 15) is 0 Å². The van der Waals surface area contributed by atoms with Crippen molar-refractivity contribution in [2.24, 2.45) is 0 Å². The second-order valence-corrected chi connectivity index (χ2v) is 4.90. The van der Waals surface area contributed by atoms with Crippen molar-refractivity contribution in [2.45, 2.75) is 31.9 Å². The Bertz CT molecular complexity index is 388. The largest absolute Gasteiger partial charge is 0.486 e. The number of nitrogens with zero attached hydrogens (tertiary/aromatic N) is 1. The van der Waals surface area contributed by atoms with E-state index in [1.54, 1.807) is 0 Å². The van der Waals surface area contributed by atoms with Crippen LogP contribution >= 0.6 is 0 Å². The highest BCUT2D eigenvalue weighted by Gasteiger charge is 2.30. The molecule has 0 radical (unpaired) electrons. The molecule has 3 rings (SSSR count). The molecule has 2 aliphatic rings. The quantitative estimate of drug-likeness (QED) is 0.782. The van der Waals surface area contributed by atoms with Crippen molar-refractivity contribution >= 4 is 0 Å². The molecule has 0 bridgehead atoms.